The number of alkyl carbamates (subject to hydrolysis) is 1. The van der Waals surface area contributed by atoms with Crippen LogP contribution >= 0.6 is 0 Å². The van der Waals surface area contributed by atoms with E-state index in [0.29, 0.717) is 24.1 Å². The maximum absolute atomic E-state index is 11.4. The van der Waals surface area contributed by atoms with E-state index in [4.69, 9.17) is 4.74 Å². The number of nitrogens with zero attached hydrogens (tertiary/aromatic N) is 3. The molecular formula is C14H17N5O2. The SMILES string of the molecule is CC(C)(C)OC(=O)NCCC#Cc1cnc2n[nH]nc2c1. The second-order valence-electron chi connectivity index (χ2n) is 5.37. The van der Waals surface area contributed by atoms with Gasteiger partial charge in [-0.2, -0.15) is 10.3 Å². The minimum atomic E-state index is -0.492. The van der Waals surface area contributed by atoms with Crippen molar-refractivity contribution in [3.63, 3.8) is 0 Å². The third-order valence-electron chi connectivity index (χ3n) is 2.32. The molecule has 1 amide bonds. The van der Waals surface area contributed by atoms with Gasteiger partial charge >= 0.3 is 6.09 Å². The summed E-state index contributed by atoms with van der Waals surface area (Å²) in [7, 11) is 0. The number of fused-ring (bicyclic) bond motifs is 1. The number of rotatable bonds is 2. The van der Waals surface area contributed by atoms with E-state index >= 15 is 0 Å². The Balaban J connectivity index is 1.80. The van der Waals surface area contributed by atoms with E-state index in [9.17, 15) is 4.79 Å². The molecule has 0 aliphatic rings. The molecule has 0 aromatic carbocycles. The fourth-order valence-corrected chi connectivity index (χ4v) is 1.51. The van der Waals surface area contributed by atoms with Crippen LogP contribution in [0.4, 0.5) is 4.79 Å². The number of carbonyl (C=O) groups is 1. The third-order valence-corrected chi connectivity index (χ3v) is 2.32. The van der Waals surface area contributed by atoms with Gasteiger partial charge < -0.3 is 10.1 Å². The molecule has 0 fully saturated rings. The highest BCUT2D eigenvalue weighted by Crippen LogP contribution is 2.06. The number of hydrogen-bond acceptors (Lipinski definition) is 5. The zero-order valence-electron chi connectivity index (χ0n) is 12.2. The lowest BCUT2D eigenvalue weighted by molar-refractivity contribution is 0.0529. The average Bonchev–Trinajstić information content (AvgIpc) is 2.83. The lowest BCUT2D eigenvalue weighted by atomic mass is 10.2. The van der Waals surface area contributed by atoms with E-state index in [1.807, 2.05) is 20.8 Å². The summed E-state index contributed by atoms with van der Waals surface area (Å²) in [4.78, 5) is 15.5. The van der Waals surface area contributed by atoms with Gasteiger partial charge in [-0.3, -0.25) is 0 Å². The van der Waals surface area contributed by atoms with Crippen LogP contribution in [0.15, 0.2) is 12.3 Å². The monoisotopic (exact) mass is 287 g/mol. The number of amides is 1. The first kappa shape index (κ1) is 14.8. The molecule has 0 unspecified atom stereocenters. The van der Waals surface area contributed by atoms with Crippen LogP contribution in [0.2, 0.25) is 0 Å². The first-order chi connectivity index (χ1) is 9.94. The highest BCUT2D eigenvalue weighted by molar-refractivity contribution is 5.70. The number of pyridine rings is 1. The number of ether oxygens (including phenoxy) is 1. The van der Waals surface area contributed by atoms with Crippen molar-refractivity contribution in [2.45, 2.75) is 32.8 Å². The molecule has 0 aliphatic heterocycles. The maximum Gasteiger partial charge on any atom is 0.407 e. The van der Waals surface area contributed by atoms with Crippen LogP contribution in [-0.4, -0.2) is 38.6 Å². The number of aromatic amines is 1. The van der Waals surface area contributed by atoms with Crippen LogP contribution in [0.1, 0.15) is 32.8 Å². The lowest BCUT2D eigenvalue weighted by Gasteiger charge is -2.19. The summed E-state index contributed by atoms with van der Waals surface area (Å²) < 4.78 is 5.11. The minimum absolute atomic E-state index is 0.432. The highest BCUT2D eigenvalue weighted by atomic mass is 16.6. The van der Waals surface area contributed by atoms with Gasteiger partial charge in [0.15, 0.2) is 0 Å². The summed E-state index contributed by atoms with van der Waals surface area (Å²) in [5, 5.41) is 12.9. The van der Waals surface area contributed by atoms with Gasteiger partial charge in [0.05, 0.1) is 0 Å². The molecule has 0 atom stereocenters. The number of hydrogen-bond donors (Lipinski definition) is 2. The van der Waals surface area contributed by atoms with Crippen molar-refractivity contribution in [2.75, 3.05) is 6.54 Å². The van der Waals surface area contributed by atoms with Crippen molar-refractivity contribution >= 4 is 17.3 Å². The van der Waals surface area contributed by atoms with Crippen molar-refractivity contribution in [2.24, 2.45) is 0 Å². The molecule has 21 heavy (non-hydrogen) atoms. The molecule has 2 aromatic rings. The molecular weight excluding hydrogens is 270 g/mol. The average molecular weight is 287 g/mol. The Morgan fingerprint density at radius 1 is 1.43 bits per heavy atom. The molecule has 2 aromatic heterocycles. The topological polar surface area (TPSA) is 92.8 Å². The molecule has 7 heteroatoms. The molecule has 0 radical (unpaired) electrons. The number of nitrogens with one attached hydrogen (secondary N) is 2. The molecule has 0 aliphatic carbocycles. The highest BCUT2D eigenvalue weighted by Gasteiger charge is 2.15. The number of H-pyrrole nitrogens is 1. The van der Waals surface area contributed by atoms with Crippen molar-refractivity contribution < 1.29 is 9.53 Å². The zero-order valence-corrected chi connectivity index (χ0v) is 12.2. The van der Waals surface area contributed by atoms with Gasteiger partial charge in [0.1, 0.15) is 11.1 Å². The van der Waals surface area contributed by atoms with Gasteiger partial charge in [0.25, 0.3) is 0 Å². The second kappa shape index (κ2) is 6.22. The molecule has 0 saturated carbocycles. The normalized spacial score (nSPS) is 10.8. The van der Waals surface area contributed by atoms with Crippen LogP contribution in [0, 0.1) is 11.8 Å². The van der Waals surface area contributed by atoms with Crippen LogP contribution in [0.25, 0.3) is 11.2 Å². The van der Waals surface area contributed by atoms with Crippen molar-refractivity contribution in [1.82, 2.24) is 25.7 Å². The molecule has 2 rings (SSSR count). The first-order valence-electron chi connectivity index (χ1n) is 6.56. The van der Waals surface area contributed by atoms with Crippen molar-refractivity contribution in [3.05, 3.63) is 17.8 Å². The number of aromatic nitrogens is 4. The van der Waals surface area contributed by atoms with E-state index in [1.54, 1.807) is 12.3 Å². The summed E-state index contributed by atoms with van der Waals surface area (Å²) in [5.74, 6) is 5.92. The van der Waals surface area contributed by atoms with Crippen molar-refractivity contribution in [3.8, 4) is 11.8 Å². The molecule has 0 saturated heterocycles. The largest absolute Gasteiger partial charge is 0.444 e. The predicted molar refractivity (Wildman–Crippen MR) is 77.4 cm³/mol. The standard InChI is InChI=1S/C14H17N5O2/c1-14(2,3)21-13(20)15-7-5-4-6-10-8-11-12(16-9-10)18-19-17-11/h8-9H,5,7H2,1-3H3,(H,15,20)(H,16,17,18,19). The molecule has 2 N–H and O–H groups in total. The van der Waals surface area contributed by atoms with Crippen molar-refractivity contribution in [1.29, 1.82) is 0 Å². The van der Waals surface area contributed by atoms with Crippen LogP contribution < -0.4 is 5.32 Å². The predicted octanol–water partition coefficient (Wildman–Crippen LogP) is 1.62. The van der Waals surface area contributed by atoms with E-state index in [-0.39, 0.29) is 0 Å². The summed E-state index contributed by atoms with van der Waals surface area (Å²) >= 11 is 0. The molecule has 110 valence electrons. The molecule has 0 spiro atoms. The van der Waals surface area contributed by atoms with E-state index < -0.39 is 11.7 Å². The van der Waals surface area contributed by atoms with Gasteiger partial charge in [-0.05, 0) is 26.8 Å². The summed E-state index contributed by atoms with van der Waals surface area (Å²) in [6.07, 6.45) is 1.73. The summed E-state index contributed by atoms with van der Waals surface area (Å²) in [5.41, 5.74) is 1.50. The van der Waals surface area contributed by atoms with Gasteiger partial charge in [-0.25, -0.2) is 9.78 Å². The van der Waals surface area contributed by atoms with E-state index in [1.165, 1.54) is 0 Å². The molecule has 7 nitrogen and oxygen atoms in total. The Kier molecular flexibility index (Phi) is 4.38. The fourth-order valence-electron chi connectivity index (χ4n) is 1.51. The fraction of sp³-hybridized carbons (Fsp3) is 0.429. The second-order valence-corrected chi connectivity index (χ2v) is 5.37. The molecule has 2 heterocycles. The Hall–Kier alpha value is -2.62. The van der Waals surface area contributed by atoms with Gasteiger partial charge in [0, 0.05) is 24.7 Å². The van der Waals surface area contributed by atoms with Crippen LogP contribution in [-0.2, 0) is 4.74 Å². The zero-order chi connectivity index (χ0) is 15.3. The Labute approximate surface area is 122 Å². The summed E-state index contributed by atoms with van der Waals surface area (Å²) in [6, 6.07) is 1.81. The number of carbonyl (C=O) groups excluding carboxylic acids is 1. The van der Waals surface area contributed by atoms with E-state index in [0.717, 1.165) is 5.56 Å². The van der Waals surface area contributed by atoms with Gasteiger partial charge in [-0.15, -0.1) is 5.10 Å². The van der Waals surface area contributed by atoms with Crippen LogP contribution in [0.5, 0.6) is 0 Å². The third kappa shape index (κ3) is 4.76. The Bertz CT molecular complexity index is 690. The van der Waals surface area contributed by atoms with E-state index in [2.05, 4.69) is 37.6 Å². The Morgan fingerprint density at radius 3 is 3.00 bits per heavy atom. The Morgan fingerprint density at radius 2 is 2.24 bits per heavy atom. The maximum atomic E-state index is 11.4. The lowest BCUT2D eigenvalue weighted by Crippen LogP contribution is -2.32. The van der Waals surface area contributed by atoms with Gasteiger partial charge in [-0.1, -0.05) is 11.8 Å². The smallest absolute Gasteiger partial charge is 0.407 e. The van der Waals surface area contributed by atoms with Gasteiger partial charge in [0.2, 0.25) is 5.65 Å². The summed E-state index contributed by atoms with van der Waals surface area (Å²) in [6.45, 7) is 5.89. The quantitative estimate of drug-likeness (QED) is 0.646. The first-order valence-corrected chi connectivity index (χ1v) is 6.56. The minimum Gasteiger partial charge on any atom is -0.444 e. The van der Waals surface area contributed by atoms with Crippen LogP contribution in [0.3, 0.4) is 0 Å². The molecule has 0 bridgehead atoms.